The first kappa shape index (κ1) is 14.3. The van der Waals surface area contributed by atoms with Gasteiger partial charge in [-0.3, -0.25) is 0 Å². The SMILES string of the molecule is [Ba+2].[O]=[Cr](=[O])([O-])[O][Cr](=[O])(=[O])[O-]. The molecule has 0 aromatic heterocycles. The van der Waals surface area contributed by atoms with Crippen LogP contribution < -0.4 is 8.32 Å². The van der Waals surface area contributed by atoms with E-state index in [4.69, 9.17) is 0 Å². The summed E-state index contributed by atoms with van der Waals surface area (Å²) in [7, 11) is 0. The van der Waals surface area contributed by atoms with E-state index in [1.54, 1.807) is 0 Å². The van der Waals surface area contributed by atoms with Gasteiger partial charge in [-0.05, 0) is 0 Å². The standard InChI is InChI=1S/Ba.2Cr.7O/q+2;;;;;;;;2*-1. The monoisotopic (exact) mass is 354 g/mol. The summed E-state index contributed by atoms with van der Waals surface area (Å²) in [5.74, 6) is 0. The van der Waals surface area contributed by atoms with Crippen molar-refractivity contribution in [1.82, 2.24) is 0 Å². The van der Waals surface area contributed by atoms with E-state index >= 15 is 0 Å². The zero-order valence-corrected chi connectivity index (χ0v) is 11.4. The van der Waals surface area contributed by atoms with E-state index in [1.807, 2.05) is 0 Å². The van der Waals surface area contributed by atoms with Gasteiger partial charge in [0.2, 0.25) is 0 Å². The second-order valence-corrected chi connectivity index (χ2v) is 4.52. The summed E-state index contributed by atoms with van der Waals surface area (Å²) in [5, 5.41) is 0. The second kappa shape index (κ2) is 4.67. The Balaban J connectivity index is 0. The first-order valence-electron chi connectivity index (χ1n) is 1.33. The van der Waals surface area contributed by atoms with Crippen molar-refractivity contribution in [3.63, 3.8) is 0 Å². The number of hydrogen-bond acceptors (Lipinski definition) is 7. The van der Waals surface area contributed by atoms with Gasteiger partial charge in [-0.15, -0.1) is 0 Å². The van der Waals surface area contributed by atoms with Crippen molar-refractivity contribution in [2.24, 2.45) is 0 Å². The van der Waals surface area contributed by atoms with Gasteiger partial charge in [-0.2, -0.15) is 0 Å². The van der Waals surface area contributed by atoms with E-state index < -0.39 is 27.2 Å². The van der Waals surface area contributed by atoms with E-state index in [0.29, 0.717) is 0 Å². The minimum absolute atomic E-state index is 0. The van der Waals surface area contributed by atoms with Crippen LogP contribution in [0.15, 0.2) is 0 Å². The molecule has 0 aliphatic carbocycles. The van der Waals surface area contributed by atoms with E-state index in [9.17, 15) is 23.5 Å². The Morgan fingerprint density at radius 2 is 1.10 bits per heavy atom. The zero-order chi connectivity index (χ0) is 7.71. The predicted molar refractivity (Wildman–Crippen MR) is 9.59 cm³/mol. The Hall–Kier alpha value is 1.72. The molecule has 10 heavy (non-hydrogen) atoms. The van der Waals surface area contributed by atoms with E-state index in [2.05, 4.69) is 2.84 Å². The van der Waals surface area contributed by atoms with Crippen LogP contribution in [-0.2, 0) is 45.3 Å². The Morgan fingerprint density at radius 3 is 1.10 bits per heavy atom. The number of rotatable bonds is 2. The van der Waals surface area contributed by atoms with Gasteiger partial charge in [0, 0.05) is 0 Å². The van der Waals surface area contributed by atoms with Crippen molar-refractivity contribution in [1.29, 1.82) is 0 Å². The first-order chi connectivity index (χ1) is 3.71. The molecule has 10 heteroatoms. The fraction of sp³-hybridized carbons (Fsp3) is 0. The van der Waals surface area contributed by atoms with E-state index in [-0.39, 0.29) is 48.9 Å². The minimum atomic E-state index is -6.07. The Bertz CT molecular complexity index is 237. The van der Waals surface area contributed by atoms with Gasteiger partial charge in [-0.1, -0.05) is 0 Å². The van der Waals surface area contributed by atoms with E-state index in [1.165, 1.54) is 0 Å². The summed E-state index contributed by atoms with van der Waals surface area (Å²) in [6, 6.07) is 0. The van der Waals surface area contributed by atoms with Gasteiger partial charge in [0.15, 0.2) is 0 Å². The molecule has 0 saturated carbocycles. The average Bonchev–Trinajstić information content (AvgIpc) is 1.14. The molecule has 0 aromatic rings. The zero-order valence-electron chi connectivity index (χ0n) is 4.38. The van der Waals surface area contributed by atoms with Crippen molar-refractivity contribution in [2.75, 3.05) is 0 Å². The van der Waals surface area contributed by atoms with Gasteiger partial charge in [-0.25, -0.2) is 0 Å². The molecule has 0 aromatic carbocycles. The van der Waals surface area contributed by atoms with Crippen molar-refractivity contribution in [2.45, 2.75) is 0 Å². The quantitative estimate of drug-likeness (QED) is 0.476. The molecule has 7 nitrogen and oxygen atoms in total. The molecule has 0 fully saturated rings. The van der Waals surface area contributed by atoms with Crippen LogP contribution in [0.4, 0.5) is 0 Å². The molecule has 0 unspecified atom stereocenters. The summed E-state index contributed by atoms with van der Waals surface area (Å²) < 4.78 is 58.9. The van der Waals surface area contributed by atoms with Crippen LogP contribution in [0.2, 0.25) is 0 Å². The fourth-order valence-corrected chi connectivity index (χ4v) is 1.74. The molecule has 0 aliphatic rings. The average molecular weight is 353 g/mol. The molecule has 0 radical (unpaired) electrons. The van der Waals surface area contributed by atoms with Crippen molar-refractivity contribution >= 4 is 48.9 Å². The van der Waals surface area contributed by atoms with Crippen LogP contribution in [0.25, 0.3) is 0 Å². The van der Waals surface area contributed by atoms with Crippen LogP contribution in [0.1, 0.15) is 0 Å². The topological polar surface area (TPSA) is 124 Å². The molecule has 0 aliphatic heterocycles. The Morgan fingerprint density at radius 1 is 0.900 bits per heavy atom. The molecule has 0 rings (SSSR count). The molecule has 0 atom stereocenters. The Labute approximate surface area is 101 Å². The van der Waals surface area contributed by atoms with Gasteiger partial charge in [0.05, 0.1) is 0 Å². The van der Waals surface area contributed by atoms with Crippen molar-refractivity contribution < 1.29 is 53.6 Å². The summed E-state index contributed by atoms with van der Waals surface area (Å²) in [4.78, 5) is 0. The summed E-state index contributed by atoms with van der Waals surface area (Å²) in [6.45, 7) is 0. The van der Waals surface area contributed by atoms with Crippen LogP contribution in [-0.4, -0.2) is 48.9 Å². The summed E-state index contributed by atoms with van der Waals surface area (Å²) in [5.41, 5.74) is 0. The molecular formula is BaCr2O7. The predicted octanol–water partition coefficient (Wildman–Crippen LogP) is -3.31. The van der Waals surface area contributed by atoms with Crippen LogP contribution in [0, 0.1) is 0 Å². The van der Waals surface area contributed by atoms with Crippen molar-refractivity contribution in [3.8, 4) is 0 Å². The third-order valence-corrected chi connectivity index (χ3v) is 2.83. The summed E-state index contributed by atoms with van der Waals surface area (Å²) in [6.07, 6.45) is 0. The fourth-order valence-electron chi connectivity index (χ4n) is 0.102. The second-order valence-electron chi connectivity index (χ2n) is 0.885. The van der Waals surface area contributed by atoms with E-state index in [0.717, 1.165) is 0 Å². The maximum atomic E-state index is 9.38. The van der Waals surface area contributed by atoms with Gasteiger partial charge < -0.3 is 0 Å². The first-order valence-corrected chi connectivity index (χ1v) is 5.50. The van der Waals surface area contributed by atoms with Gasteiger partial charge in [0.25, 0.3) is 0 Å². The molecule has 56 valence electrons. The van der Waals surface area contributed by atoms with Gasteiger partial charge >= 0.3 is 102 Å². The van der Waals surface area contributed by atoms with Crippen LogP contribution in [0.3, 0.4) is 0 Å². The number of hydrogen-bond donors (Lipinski definition) is 0. The van der Waals surface area contributed by atoms with Crippen molar-refractivity contribution in [3.05, 3.63) is 0 Å². The molecule has 0 bridgehead atoms. The van der Waals surface area contributed by atoms with Crippen LogP contribution in [0.5, 0.6) is 0 Å². The third kappa shape index (κ3) is 12.4. The molecule has 0 N–H and O–H groups in total. The molecule has 0 spiro atoms. The summed E-state index contributed by atoms with van der Waals surface area (Å²) >= 11 is -12.1. The molecular weight excluding hydrogens is 353 g/mol. The molecule has 0 heterocycles. The Kier molecular flexibility index (Phi) is 6.66. The molecule has 0 saturated heterocycles. The maximum absolute atomic E-state index is 9.38. The normalized spacial score (nSPS) is 12.2. The molecule has 0 amide bonds. The van der Waals surface area contributed by atoms with Gasteiger partial charge in [0.1, 0.15) is 0 Å². The third-order valence-electron chi connectivity index (χ3n) is 0.167. The van der Waals surface area contributed by atoms with Crippen LogP contribution >= 0.6 is 0 Å².